The molecule has 0 bridgehead atoms. The third-order valence-electron chi connectivity index (χ3n) is 3.12. The van der Waals surface area contributed by atoms with Crippen molar-refractivity contribution in [1.29, 1.82) is 5.41 Å². The van der Waals surface area contributed by atoms with Crippen LogP contribution >= 0.6 is 0 Å². The van der Waals surface area contributed by atoms with Gasteiger partial charge in [-0.2, -0.15) is 4.99 Å². The number of guanidine groups is 2. The third kappa shape index (κ3) is 3.10. The molecule has 0 radical (unpaired) electrons. The Balaban J connectivity index is 1.75. The average Bonchev–Trinajstić information content (AvgIpc) is 3.01. The molecule has 16 heavy (non-hydrogen) atoms. The fourth-order valence-corrected chi connectivity index (χ4v) is 2.00. The summed E-state index contributed by atoms with van der Waals surface area (Å²) in [7, 11) is 0. The van der Waals surface area contributed by atoms with Gasteiger partial charge in [-0.05, 0) is 18.8 Å². The van der Waals surface area contributed by atoms with Crippen molar-refractivity contribution in [2.24, 2.45) is 22.4 Å². The highest BCUT2D eigenvalue weighted by molar-refractivity contribution is 5.91. The Morgan fingerprint density at radius 2 is 1.81 bits per heavy atom. The van der Waals surface area contributed by atoms with Gasteiger partial charge in [0, 0.05) is 32.7 Å². The summed E-state index contributed by atoms with van der Waals surface area (Å²) in [5.41, 5.74) is 10.5. The summed E-state index contributed by atoms with van der Waals surface area (Å²) in [4.78, 5) is 8.15. The second kappa shape index (κ2) is 4.69. The van der Waals surface area contributed by atoms with Crippen molar-refractivity contribution in [3.8, 4) is 0 Å². The molecule has 2 aliphatic rings. The summed E-state index contributed by atoms with van der Waals surface area (Å²) in [6.07, 6.45) is 2.79. The number of rotatable bonds is 2. The summed E-state index contributed by atoms with van der Waals surface area (Å²) in [6, 6.07) is 0. The number of piperazine rings is 1. The van der Waals surface area contributed by atoms with Gasteiger partial charge in [-0.1, -0.05) is 0 Å². The van der Waals surface area contributed by atoms with Crippen LogP contribution in [0, 0.1) is 11.3 Å². The van der Waals surface area contributed by atoms with Gasteiger partial charge in [-0.3, -0.25) is 10.3 Å². The number of nitrogens with one attached hydrogen (secondary N) is 1. The zero-order valence-corrected chi connectivity index (χ0v) is 9.52. The quantitative estimate of drug-likeness (QED) is 0.424. The van der Waals surface area contributed by atoms with Gasteiger partial charge in [0.2, 0.25) is 5.96 Å². The van der Waals surface area contributed by atoms with Crippen LogP contribution in [0.4, 0.5) is 0 Å². The third-order valence-corrected chi connectivity index (χ3v) is 3.12. The van der Waals surface area contributed by atoms with Crippen molar-refractivity contribution < 1.29 is 0 Å². The maximum absolute atomic E-state index is 7.69. The number of hydrogen-bond donors (Lipinski definition) is 3. The Morgan fingerprint density at radius 3 is 2.31 bits per heavy atom. The molecule has 6 heteroatoms. The molecule has 5 N–H and O–H groups in total. The van der Waals surface area contributed by atoms with Crippen molar-refractivity contribution in [2.75, 3.05) is 32.7 Å². The lowest BCUT2D eigenvalue weighted by molar-refractivity contribution is 0.175. The Morgan fingerprint density at radius 1 is 1.19 bits per heavy atom. The predicted molar refractivity (Wildman–Crippen MR) is 64.3 cm³/mol. The van der Waals surface area contributed by atoms with Crippen LogP contribution in [-0.2, 0) is 0 Å². The standard InChI is InChI=1S/C10H20N6/c11-9(12)14-10(13)16-5-3-15(4-6-16)7-8-1-2-8/h8H,1-7H2,(H5,11,12,13,14). The van der Waals surface area contributed by atoms with E-state index in [4.69, 9.17) is 16.9 Å². The van der Waals surface area contributed by atoms with E-state index in [1.807, 2.05) is 4.90 Å². The molecule has 1 saturated heterocycles. The molecule has 0 aromatic carbocycles. The first kappa shape index (κ1) is 11.2. The Labute approximate surface area is 95.8 Å². The zero-order chi connectivity index (χ0) is 11.5. The maximum Gasteiger partial charge on any atom is 0.221 e. The molecule has 0 unspecified atom stereocenters. The van der Waals surface area contributed by atoms with E-state index < -0.39 is 0 Å². The topological polar surface area (TPSA) is 94.7 Å². The van der Waals surface area contributed by atoms with Gasteiger partial charge in [0.15, 0.2) is 5.96 Å². The van der Waals surface area contributed by atoms with Crippen molar-refractivity contribution in [3.63, 3.8) is 0 Å². The van der Waals surface area contributed by atoms with Crippen LogP contribution in [0.1, 0.15) is 12.8 Å². The molecular weight excluding hydrogens is 204 g/mol. The van der Waals surface area contributed by atoms with Crippen LogP contribution in [0.2, 0.25) is 0 Å². The summed E-state index contributed by atoms with van der Waals surface area (Å²) in [5.74, 6) is 1.08. The number of nitrogens with zero attached hydrogens (tertiary/aromatic N) is 3. The maximum atomic E-state index is 7.69. The fraction of sp³-hybridized carbons (Fsp3) is 0.800. The van der Waals surface area contributed by atoms with Gasteiger partial charge in [0.05, 0.1) is 0 Å². The van der Waals surface area contributed by atoms with Crippen molar-refractivity contribution >= 4 is 11.9 Å². The Kier molecular flexibility index (Phi) is 3.28. The summed E-state index contributed by atoms with van der Waals surface area (Å²) in [5, 5.41) is 7.69. The first-order valence-corrected chi connectivity index (χ1v) is 5.80. The summed E-state index contributed by atoms with van der Waals surface area (Å²) < 4.78 is 0. The molecule has 1 aliphatic heterocycles. The minimum Gasteiger partial charge on any atom is -0.370 e. The molecular formula is C10H20N6. The van der Waals surface area contributed by atoms with Crippen molar-refractivity contribution in [2.45, 2.75) is 12.8 Å². The Bertz CT molecular complexity index is 284. The van der Waals surface area contributed by atoms with Crippen LogP contribution < -0.4 is 11.5 Å². The van der Waals surface area contributed by atoms with E-state index in [9.17, 15) is 0 Å². The highest BCUT2D eigenvalue weighted by Gasteiger charge is 2.26. The van der Waals surface area contributed by atoms with Gasteiger partial charge >= 0.3 is 0 Å². The molecule has 2 rings (SSSR count). The van der Waals surface area contributed by atoms with E-state index >= 15 is 0 Å². The van der Waals surface area contributed by atoms with E-state index in [1.54, 1.807) is 0 Å². The molecule has 0 atom stereocenters. The SMILES string of the molecule is N=C(N=C(N)N)N1CCN(CC2CC2)CC1. The van der Waals surface area contributed by atoms with Crippen LogP contribution in [0.15, 0.2) is 4.99 Å². The molecule has 0 spiro atoms. The van der Waals surface area contributed by atoms with Gasteiger partial charge < -0.3 is 16.4 Å². The summed E-state index contributed by atoms with van der Waals surface area (Å²) in [6.45, 7) is 4.95. The van der Waals surface area contributed by atoms with Crippen molar-refractivity contribution in [1.82, 2.24) is 9.80 Å². The second-order valence-electron chi connectivity index (χ2n) is 4.59. The van der Waals surface area contributed by atoms with Gasteiger partial charge in [-0.25, -0.2) is 0 Å². The molecule has 90 valence electrons. The van der Waals surface area contributed by atoms with E-state index in [0.29, 0.717) is 0 Å². The number of aliphatic imine (C=N–C) groups is 1. The average molecular weight is 224 g/mol. The molecule has 1 saturated carbocycles. The van der Waals surface area contributed by atoms with E-state index in [2.05, 4.69) is 9.89 Å². The van der Waals surface area contributed by atoms with Gasteiger partial charge in [0.25, 0.3) is 0 Å². The van der Waals surface area contributed by atoms with E-state index in [-0.39, 0.29) is 11.9 Å². The molecule has 0 aromatic heterocycles. The van der Waals surface area contributed by atoms with Gasteiger partial charge in [-0.15, -0.1) is 0 Å². The minimum atomic E-state index is -0.0367. The molecule has 0 amide bonds. The zero-order valence-electron chi connectivity index (χ0n) is 9.52. The van der Waals surface area contributed by atoms with Crippen LogP contribution in [0.5, 0.6) is 0 Å². The normalized spacial score (nSPS) is 21.9. The molecule has 1 heterocycles. The largest absolute Gasteiger partial charge is 0.370 e. The van der Waals surface area contributed by atoms with E-state index in [1.165, 1.54) is 19.4 Å². The van der Waals surface area contributed by atoms with E-state index in [0.717, 1.165) is 32.1 Å². The predicted octanol–water partition coefficient (Wildman–Crippen LogP) is -0.778. The molecule has 0 aromatic rings. The lowest BCUT2D eigenvalue weighted by Crippen LogP contribution is -2.49. The second-order valence-corrected chi connectivity index (χ2v) is 4.59. The lowest BCUT2D eigenvalue weighted by Gasteiger charge is -2.34. The van der Waals surface area contributed by atoms with Crippen molar-refractivity contribution in [3.05, 3.63) is 0 Å². The monoisotopic (exact) mass is 224 g/mol. The molecule has 1 aliphatic carbocycles. The van der Waals surface area contributed by atoms with Crippen LogP contribution in [0.3, 0.4) is 0 Å². The number of hydrogen-bond acceptors (Lipinski definition) is 2. The highest BCUT2D eigenvalue weighted by Crippen LogP contribution is 2.29. The first-order chi connectivity index (χ1) is 7.65. The van der Waals surface area contributed by atoms with Crippen LogP contribution in [-0.4, -0.2) is 54.4 Å². The first-order valence-electron chi connectivity index (χ1n) is 5.80. The van der Waals surface area contributed by atoms with Crippen LogP contribution in [0.25, 0.3) is 0 Å². The number of nitrogens with two attached hydrogens (primary N) is 2. The van der Waals surface area contributed by atoms with Gasteiger partial charge in [0.1, 0.15) is 0 Å². The molecule has 2 fully saturated rings. The highest BCUT2D eigenvalue weighted by atomic mass is 15.3. The minimum absolute atomic E-state index is 0.0367. The molecule has 6 nitrogen and oxygen atoms in total. The smallest absolute Gasteiger partial charge is 0.221 e. The lowest BCUT2D eigenvalue weighted by atomic mass is 10.3. The Hall–Kier alpha value is -1.30. The fourth-order valence-electron chi connectivity index (χ4n) is 2.00. The summed E-state index contributed by atoms with van der Waals surface area (Å²) >= 11 is 0.